The van der Waals surface area contributed by atoms with E-state index >= 15 is 0 Å². The van der Waals surface area contributed by atoms with E-state index in [9.17, 15) is 4.79 Å². The van der Waals surface area contributed by atoms with Gasteiger partial charge >= 0.3 is 0 Å². The average molecular weight is 380 g/mol. The van der Waals surface area contributed by atoms with Gasteiger partial charge in [-0.1, -0.05) is 0 Å². The first-order valence-electron chi connectivity index (χ1n) is 8.60. The molecule has 0 atom stereocenters. The molecule has 0 bridgehead atoms. The molecule has 0 aromatic carbocycles. The molecule has 1 amide bonds. The van der Waals surface area contributed by atoms with Crippen molar-refractivity contribution in [2.45, 2.75) is 19.3 Å². The van der Waals surface area contributed by atoms with Gasteiger partial charge in [-0.3, -0.25) is 4.79 Å². The Morgan fingerprint density at radius 3 is 2.72 bits per heavy atom. The molecule has 2 fully saturated rings. The van der Waals surface area contributed by atoms with Gasteiger partial charge in [0.15, 0.2) is 5.13 Å². The summed E-state index contributed by atoms with van der Waals surface area (Å²) in [6.07, 6.45) is 5.39. The summed E-state index contributed by atoms with van der Waals surface area (Å²) in [5, 5.41) is 6.75. The molecule has 0 spiro atoms. The molecule has 2 aliphatic rings. The van der Waals surface area contributed by atoms with Crippen molar-refractivity contribution in [1.29, 1.82) is 0 Å². The molecule has 2 aromatic rings. The summed E-state index contributed by atoms with van der Waals surface area (Å²) in [4.78, 5) is 21.6. The van der Waals surface area contributed by atoms with E-state index in [1.165, 1.54) is 30.8 Å². The first kappa shape index (κ1) is 16.7. The zero-order valence-electron chi connectivity index (χ0n) is 13.9. The van der Waals surface area contributed by atoms with Crippen LogP contribution in [0.5, 0.6) is 0 Å². The lowest BCUT2D eigenvalue weighted by Crippen LogP contribution is -2.36. The Morgan fingerprint density at radius 2 is 1.92 bits per heavy atom. The highest BCUT2D eigenvalue weighted by Gasteiger charge is 2.21. The smallest absolute Gasteiger partial charge is 0.275 e. The fourth-order valence-corrected chi connectivity index (χ4v) is 4.72. The highest BCUT2D eigenvalue weighted by Crippen LogP contribution is 2.31. The van der Waals surface area contributed by atoms with E-state index in [1.54, 1.807) is 17.5 Å². The molecule has 0 radical (unpaired) electrons. The standard InChI is InChI=1S/C16H21N5O2S2/c22-14(13-11-24-16(19-13)21-4-2-1-3-5-21)18-12-10-17-25-15(12)20-6-8-23-9-7-20/h10-11H,1-9H2,(H,18,22). The Bertz CT molecular complexity index is 720. The van der Waals surface area contributed by atoms with Crippen molar-refractivity contribution in [3.63, 3.8) is 0 Å². The fourth-order valence-electron chi connectivity index (χ4n) is 3.10. The van der Waals surface area contributed by atoms with Gasteiger partial charge in [-0.05, 0) is 30.8 Å². The molecular formula is C16H21N5O2S2. The summed E-state index contributed by atoms with van der Waals surface area (Å²) in [5.41, 5.74) is 1.23. The van der Waals surface area contributed by atoms with Gasteiger partial charge in [0.1, 0.15) is 10.7 Å². The van der Waals surface area contributed by atoms with E-state index < -0.39 is 0 Å². The van der Waals surface area contributed by atoms with Gasteiger partial charge in [0, 0.05) is 31.6 Å². The summed E-state index contributed by atoms with van der Waals surface area (Å²) in [5.74, 6) is -0.172. The van der Waals surface area contributed by atoms with E-state index in [2.05, 4.69) is 24.5 Å². The average Bonchev–Trinajstić information content (AvgIpc) is 3.33. The molecule has 9 heteroatoms. The van der Waals surface area contributed by atoms with Crippen LogP contribution in [-0.4, -0.2) is 54.7 Å². The van der Waals surface area contributed by atoms with Gasteiger partial charge in [-0.15, -0.1) is 11.3 Å². The number of amides is 1. The lowest BCUT2D eigenvalue weighted by Gasteiger charge is -2.27. The number of hydrogen-bond donors (Lipinski definition) is 1. The highest BCUT2D eigenvalue weighted by molar-refractivity contribution is 7.14. The minimum absolute atomic E-state index is 0.172. The molecule has 2 aliphatic heterocycles. The number of piperidine rings is 1. The third-order valence-corrected chi connectivity index (χ3v) is 6.21. The number of carbonyl (C=O) groups excluding carboxylic acids is 1. The number of nitrogens with one attached hydrogen (secondary N) is 1. The van der Waals surface area contributed by atoms with Gasteiger partial charge in [-0.2, -0.15) is 4.37 Å². The van der Waals surface area contributed by atoms with E-state index in [-0.39, 0.29) is 5.91 Å². The molecule has 2 saturated heterocycles. The molecule has 4 heterocycles. The third-order valence-electron chi connectivity index (χ3n) is 4.45. The van der Waals surface area contributed by atoms with Crippen LogP contribution in [0.15, 0.2) is 11.6 Å². The Balaban J connectivity index is 1.44. The molecule has 0 unspecified atom stereocenters. The van der Waals surface area contributed by atoms with E-state index in [0.29, 0.717) is 18.9 Å². The predicted octanol–water partition coefficient (Wildman–Crippen LogP) is 2.68. The maximum Gasteiger partial charge on any atom is 0.275 e. The second-order valence-electron chi connectivity index (χ2n) is 6.16. The van der Waals surface area contributed by atoms with Crippen molar-refractivity contribution >= 4 is 44.6 Å². The zero-order chi connectivity index (χ0) is 17.1. The maximum absolute atomic E-state index is 12.6. The minimum atomic E-state index is -0.172. The topological polar surface area (TPSA) is 70.6 Å². The number of morpholine rings is 1. The molecule has 0 saturated carbocycles. The molecule has 0 aliphatic carbocycles. The van der Waals surface area contributed by atoms with E-state index in [1.807, 2.05) is 5.38 Å². The van der Waals surface area contributed by atoms with Crippen LogP contribution < -0.4 is 15.1 Å². The molecular weight excluding hydrogens is 358 g/mol. The second kappa shape index (κ2) is 7.67. The van der Waals surface area contributed by atoms with Crippen LogP contribution >= 0.6 is 22.9 Å². The Morgan fingerprint density at radius 1 is 1.12 bits per heavy atom. The Hall–Kier alpha value is -1.71. The first-order valence-corrected chi connectivity index (χ1v) is 10.3. The molecule has 4 rings (SSSR count). The number of carbonyl (C=O) groups is 1. The van der Waals surface area contributed by atoms with Crippen molar-refractivity contribution < 1.29 is 9.53 Å². The van der Waals surface area contributed by atoms with Gasteiger partial charge in [0.2, 0.25) is 0 Å². The third kappa shape index (κ3) is 3.78. The van der Waals surface area contributed by atoms with Crippen molar-refractivity contribution in [1.82, 2.24) is 9.36 Å². The van der Waals surface area contributed by atoms with Crippen LogP contribution in [0.1, 0.15) is 29.8 Å². The van der Waals surface area contributed by atoms with Crippen LogP contribution in [0.25, 0.3) is 0 Å². The maximum atomic E-state index is 12.6. The molecule has 134 valence electrons. The van der Waals surface area contributed by atoms with Crippen LogP contribution in [0.4, 0.5) is 15.8 Å². The number of aromatic nitrogens is 2. The van der Waals surface area contributed by atoms with Gasteiger partial charge in [0.05, 0.1) is 25.1 Å². The number of thiazole rings is 1. The van der Waals surface area contributed by atoms with Crippen LogP contribution in [-0.2, 0) is 4.74 Å². The summed E-state index contributed by atoms with van der Waals surface area (Å²) >= 11 is 2.94. The number of ether oxygens (including phenoxy) is 1. The lowest BCUT2D eigenvalue weighted by atomic mass is 10.1. The number of rotatable bonds is 4. The second-order valence-corrected chi connectivity index (χ2v) is 7.78. The predicted molar refractivity (Wildman–Crippen MR) is 101 cm³/mol. The van der Waals surface area contributed by atoms with Crippen molar-refractivity contribution in [2.75, 3.05) is 54.5 Å². The first-order chi connectivity index (χ1) is 12.3. The fraction of sp³-hybridized carbons (Fsp3) is 0.562. The van der Waals surface area contributed by atoms with E-state index in [4.69, 9.17) is 4.74 Å². The van der Waals surface area contributed by atoms with Crippen molar-refractivity contribution in [2.24, 2.45) is 0 Å². The molecule has 7 nitrogen and oxygen atoms in total. The summed E-state index contributed by atoms with van der Waals surface area (Å²) in [7, 11) is 0. The quantitative estimate of drug-likeness (QED) is 0.881. The highest BCUT2D eigenvalue weighted by atomic mass is 32.1. The largest absolute Gasteiger partial charge is 0.378 e. The van der Waals surface area contributed by atoms with Crippen molar-refractivity contribution in [3.05, 3.63) is 17.3 Å². The molecule has 1 N–H and O–H groups in total. The SMILES string of the molecule is O=C(Nc1cnsc1N1CCOCC1)c1csc(N2CCCCC2)n1. The van der Waals surface area contributed by atoms with Gasteiger partial charge in [0.25, 0.3) is 5.91 Å². The van der Waals surface area contributed by atoms with Crippen LogP contribution in [0.3, 0.4) is 0 Å². The van der Waals surface area contributed by atoms with E-state index in [0.717, 1.165) is 42.0 Å². The number of nitrogens with zero attached hydrogens (tertiary/aromatic N) is 4. The number of anilines is 3. The summed E-state index contributed by atoms with van der Waals surface area (Å²) < 4.78 is 9.63. The summed E-state index contributed by atoms with van der Waals surface area (Å²) in [6.45, 7) is 5.11. The van der Waals surface area contributed by atoms with Crippen LogP contribution in [0.2, 0.25) is 0 Å². The Kier molecular flexibility index (Phi) is 5.14. The van der Waals surface area contributed by atoms with Gasteiger partial charge in [-0.25, -0.2) is 4.98 Å². The lowest BCUT2D eigenvalue weighted by molar-refractivity contribution is 0.102. The summed E-state index contributed by atoms with van der Waals surface area (Å²) in [6, 6.07) is 0. The normalized spacial score (nSPS) is 18.4. The molecule has 2 aromatic heterocycles. The minimum Gasteiger partial charge on any atom is -0.378 e. The van der Waals surface area contributed by atoms with Gasteiger partial charge < -0.3 is 19.9 Å². The number of hydrogen-bond acceptors (Lipinski definition) is 8. The monoisotopic (exact) mass is 379 g/mol. The van der Waals surface area contributed by atoms with Crippen molar-refractivity contribution in [3.8, 4) is 0 Å². The molecule has 25 heavy (non-hydrogen) atoms. The Labute approximate surface area is 154 Å². The zero-order valence-corrected chi connectivity index (χ0v) is 15.6. The van der Waals surface area contributed by atoms with Crippen LogP contribution in [0, 0.1) is 0 Å².